The average molecular weight is 708 g/mol. The van der Waals surface area contributed by atoms with E-state index in [1.807, 2.05) is 53.7 Å². The lowest BCUT2D eigenvalue weighted by atomic mass is 9.89. The second-order valence-electron chi connectivity index (χ2n) is 14.2. The summed E-state index contributed by atoms with van der Waals surface area (Å²) in [6.45, 7) is 7.41. The van der Waals surface area contributed by atoms with Crippen molar-refractivity contribution in [3.63, 3.8) is 0 Å². The fourth-order valence-corrected chi connectivity index (χ4v) is 7.23. The molecule has 3 aliphatic heterocycles. The molecule has 0 radical (unpaired) electrons. The van der Waals surface area contributed by atoms with Crippen molar-refractivity contribution in [2.24, 2.45) is 12.0 Å². The number of piperidine rings is 3. The molecule has 0 spiro atoms. The Bertz CT molecular complexity index is 2000. The molecule has 3 saturated heterocycles. The van der Waals surface area contributed by atoms with Crippen LogP contribution in [0.2, 0.25) is 0 Å². The summed E-state index contributed by atoms with van der Waals surface area (Å²) >= 11 is 0. The van der Waals surface area contributed by atoms with E-state index in [1.165, 1.54) is 5.56 Å². The quantitative estimate of drug-likeness (QED) is 0.245. The first-order valence-electron chi connectivity index (χ1n) is 18.1. The molecule has 0 aliphatic carbocycles. The first-order valence-corrected chi connectivity index (χ1v) is 18.1. The lowest BCUT2D eigenvalue weighted by molar-refractivity contribution is -0.134. The molecule has 272 valence electrons. The number of hydrogen-bond donors (Lipinski definition) is 2. The fourth-order valence-electron chi connectivity index (χ4n) is 7.23. The van der Waals surface area contributed by atoms with Gasteiger partial charge in [0, 0.05) is 63.6 Å². The number of ether oxygens (including phenoxy) is 1. The summed E-state index contributed by atoms with van der Waals surface area (Å²) in [5, 5.41) is 9.48. The van der Waals surface area contributed by atoms with Crippen LogP contribution in [0.3, 0.4) is 0 Å². The maximum Gasteiger partial charge on any atom is 0.276 e. The van der Waals surface area contributed by atoms with Crippen LogP contribution in [-0.4, -0.2) is 97.1 Å². The highest BCUT2D eigenvalue weighted by Crippen LogP contribution is 2.33. The van der Waals surface area contributed by atoms with E-state index in [9.17, 15) is 19.2 Å². The van der Waals surface area contributed by atoms with Gasteiger partial charge in [0.05, 0.1) is 24.0 Å². The summed E-state index contributed by atoms with van der Waals surface area (Å²) in [7, 11) is 1.77. The number of benzene rings is 1. The van der Waals surface area contributed by atoms with E-state index in [1.54, 1.807) is 24.0 Å². The van der Waals surface area contributed by atoms with Gasteiger partial charge in [0.1, 0.15) is 22.8 Å². The highest BCUT2D eigenvalue weighted by atomic mass is 16.5. The molecule has 0 saturated carbocycles. The average Bonchev–Trinajstić information content (AvgIpc) is 3.76. The van der Waals surface area contributed by atoms with Crippen molar-refractivity contribution < 1.29 is 23.9 Å². The SMILES string of the molecule is CC(C)Oc1cc2nc(C3CCN(CC(=O)N4CCC(c5ccc(N=C6CCC(=O)NC6=O)cc5)CC4)CC3)cn2cc1NC(=O)c1ccn(C)n1. The summed E-state index contributed by atoms with van der Waals surface area (Å²) in [5.74, 6) is 0.373. The number of imide groups is 1. The number of likely N-dealkylation sites (tertiary alicyclic amines) is 2. The minimum absolute atomic E-state index is 0.0888. The summed E-state index contributed by atoms with van der Waals surface area (Å²) in [5.41, 5.74) is 4.90. The number of aliphatic imine (C=N–C) groups is 1. The first kappa shape index (κ1) is 35.1. The lowest BCUT2D eigenvalue weighted by Crippen LogP contribution is -2.45. The fraction of sp³-hybridized carbons (Fsp3) is 0.447. The molecule has 6 heterocycles. The Morgan fingerprint density at radius 3 is 2.38 bits per heavy atom. The third-order valence-electron chi connectivity index (χ3n) is 10.1. The van der Waals surface area contributed by atoms with Crippen LogP contribution in [0.1, 0.15) is 86.0 Å². The molecule has 0 atom stereocenters. The Morgan fingerprint density at radius 1 is 0.981 bits per heavy atom. The third kappa shape index (κ3) is 8.07. The number of pyridine rings is 1. The Hall–Kier alpha value is -5.37. The Labute approximate surface area is 302 Å². The number of amides is 4. The number of carbonyl (C=O) groups excluding carboxylic acids is 4. The number of aryl methyl sites for hydroxylation is 1. The predicted octanol–water partition coefficient (Wildman–Crippen LogP) is 4.20. The van der Waals surface area contributed by atoms with E-state index in [-0.39, 0.29) is 36.2 Å². The first-order chi connectivity index (χ1) is 25.1. The van der Waals surface area contributed by atoms with Crippen molar-refractivity contribution in [2.75, 3.05) is 38.0 Å². The number of aromatic nitrogens is 4. The maximum absolute atomic E-state index is 13.3. The number of hydrogen-bond acceptors (Lipinski definition) is 9. The molecule has 3 fully saturated rings. The van der Waals surface area contributed by atoms with Crippen molar-refractivity contribution in [2.45, 2.75) is 70.3 Å². The summed E-state index contributed by atoms with van der Waals surface area (Å²) in [4.78, 5) is 63.3. The largest absolute Gasteiger partial charge is 0.489 e. The van der Waals surface area contributed by atoms with Gasteiger partial charge >= 0.3 is 0 Å². The van der Waals surface area contributed by atoms with Crippen LogP contribution in [-0.2, 0) is 21.4 Å². The van der Waals surface area contributed by atoms with Crippen LogP contribution in [0, 0.1) is 0 Å². The monoisotopic (exact) mass is 707 g/mol. The normalized spacial score (nSPS) is 18.7. The zero-order valence-electron chi connectivity index (χ0n) is 29.9. The molecular formula is C38H45N9O5. The molecule has 14 heteroatoms. The van der Waals surface area contributed by atoms with Gasteiger partial charge in [0.2, 0.25) is 11.8 Å². The van der Waals surface area contributed by atoms with Gasteiger partial charge in [-0.05, 0) is 82.3 Å². The minimum Gasteiger partial charge on any atom is -0.489 e. The zero-order valence-corrected chi connectivity index (χ0v) is 29.9. The van der Waals surface area contributed by atoms with Gasteiger partial charge in [-0.3, -0.25) is 34.1 Å². The van der Waals surface area contributed by atoms with Crippen LogP contribution >= 0.6 is 0 Å². The van der Waals surface area contributed by atoms with E-state index < -0.39 is 5.91 Å². The topological polar surface area (TPSA) is 156 Å². The van der Waals surface area contributed by atoms with Crippen molar-refractivity contribution >= 4 is 46.4 Å². The molecule has 4 amide bonds. The van der Waals surface area contributed by atoms with Crippen LogP contribution in [0.15, 0.2) is 60.0 Å². The number of imidazole rings is 1. The van der Waals surface area contributed by atoms with Gasteiger partial charge in [-0.25, -0.2) is 9.98 Å². The van der Waals surface area contributed by atoms with Gasteiger partial charge in [0.25, 0.3) is 11.8 Å². The van der Waals surface area contributed by atoms with E-state index in [2.05, 4.69) is 37.8 Å². The van der Waals surface area contributed by atoms with Crippen LogP contribution in [0.5, 0.6) is 5.75 Å². The second kappa shape index (κ2) is 15.1. The van der Waals surface area contributed by atoms with Crippen LogP contribution in [0.4, 0.5) is 11.4 Å². The molecule has 52 heavy (non-hydrogen) atoms. The Kier molecular flexibility index (Phi) is 10.2. The summed E-state index contributed by atoms with van der Waals surface area (Å²) < 4.78 is 9.57. The minimum atomic E-state index is -0.416. The number of nitrogens with zero attached hydrogens (tertiary/aromatic N) is 7. The number of nitrogens with one attached hydrogen (secondary N) is 2. The highest BCUT2D eigenvalue weighted by Gasteiger charge is 2.29. The van der Waals surface area contributed by atoms with Crippen LogP contribution < -0.4 is 15.4 Å². The standard InChI is InChI=1S/C38H45N9O5/c1-24(2)52-33-20-34-40-31(21-47(34)22-32(33)41-38(51)30-14-15-44(3)43-30)27-10-16-45(17-11-27)23-36(49)46-18-12-26(13-19-46)25-4-6-28(7-5-25)39-29-8-9-35(48)42-37(29)50/h4-7,14-15,20-22,24,26-27H,8-13,16-19,23H2,1-3H3,(H,41,51)(H,42,48,50). The van der Waals surface area contributed by atoms with Crippen molar-refractivity contribution in [1.29, 1.82) is 0 Å². The molecular weight excluding hydrogens is 662 g/mol. The van der Waals surface area contributed by atoms with E-state index in [0.29, 0.717) is 47.4 Å². The summed E-state index contributed by atoms with van der Waals surface area (Å²) in [6, 6.07) is 11.5. The number of carbonyl (C=O) groups is 4. The van der Waals surface area contributed by atoms with Gasteiger partial charge in [0.15, 0.2) is 5.69 Å². The molecule has 14 nitrogen and oxygen atoms in total. The van der Waals surface area contributed by atoms with Crippen molar-refractivity contribution in [3.8, 4) is 5.75 Å². The predicted molar refractivity (Wildman–Crippen MR) is 195 cm³/mol. The molecule has 7 rings (SSSR count). The zero-order chi connectivity index (χ0) is 36.4. The lowest BCUT2D eigenvalue weighted by Gasteiger charge is -2.35. The summed E-state index contributed by atoms with van der Waals surface area (Å²) in [6.07, 6.45) is 9.75. The second-order valence-corrected chi connectivity index (χ2v) is 14.2. The molecule has 3 aliphatic rings. The van der Waals surface area contributed by atoms with Crippen molar-refractivity contribution in [1.82, 2.24) is 34.3 Å². The Balaban J connectivity index is 0.902. The van der Waals surface area contributed by atoms with E-state index in [0.717, 1.165) is 63.2 Å². The number of fused-ring (bicyclic) bond motifs is 1. The number of anilines is 1. The van der Waals surface area contributed by atoms with Gasteiger partial charge < -0.3 is 19.4 Å². The van der Waals surface area contributed by atoms with Crippen LogP contribution in [0.25, 0.3) is 5.65 Å². The maximum atomic E-state index is 13.3. The van der Waals surface area contributed by atoms with E-state index >= 15 is 0 Å². The van der Waals surface area contributed by atoms with Gasteiger partial charge in [-0.2, -0.15) is 5.10 Å². The molecule has 1 aromatic carbocycles. The van der Waals surface area contributed by atoms with Gasteiger partial charge in [-0.1, -0.05) is 12.1 Å². The molecule has 0 unspecified atom stereocenters. The van der Waals surface area contributed by atoms with Gasteiger partial charge in [-0.15, -0.1) is 0 Å². The molecule has 4 aromatic rings. The molecule has 3 aromatic heterocycles. The van der Waals surface area contributed by atoms with Crippen molar-refractivity contribution in [3.05, 3.63) is 71.9 Å². The highest BCUT2D eigenvalue weighted by molar-refractivity contribution is 6.43. The smallest absolute Gasteiger partial charge is 0.276 e. The number of rotatable bonds is 9. The third-order valence-corrected chi connectivity index (χ3v) is 10.1. The molecule has 2 N–H and O–H groups in total. The van der Waals surface area contributed by atoms with E-state index in [4.69, 9.17) is 9.72 Å². The Morgan fingerprint density at radius 2 is 1.71 bits per heavy atom. The molecule has 0 bridgehead atoms.